The summed E-state index contributed by atoms with van der Waals surface area (Å²) in [6, 6.07) is 6.77. The zero-order valence-electron chi connectivity index (χ0n) is 8.62. The first-order valence-corrected chi connectivity index (χ1v) is 5.52. The van der Waals surface area contributed by atoms with Crippen LogP contribution >= 0.6 is 11.6 Å². The molecule has 1 aliphatic carbocycles. The summed E-state index contributed by atoms with van der Waals surface area (Å²) in [7, 11) is 0. The molecular weight excluding hydrogens is 231 g/mol. The van der Waals surface area contributed by atoms with E-state index >= 15 is 0 Å². The van der Waals surface area contributed by atoms with Crippen molar-refractivity contribution >= 4 is 17.6 Å². The van der Waals surface area contributed by atoms with Gasteiger partial charge in [0, 0.05) is 5.02 Å². The van der Waals surface area contributed by atoms with Crippen LogP contribution in [0.1, 0.15) is 18.4 Å². The van der Waals surface area contributed by atoms with Gasteiger partial charge in [0.05, 0.1) is 12.1 Å². The van der Waals surface area contributed by atoms with Crippen molar-refractivity contribution in [2.24, 2.45) is 5.92 Å². The van der Waals surface area contributed by atoms with Gasteiger partial charge < -0.3 is 5.11 Å². The van der Waals surface area contributed by atoms with Crippen LogP contribution in [0.3, 0.4) is 0 Å². The number of carboxylic acids is 1. The van der Waals surface area contributed by atoms with Crippen molar-refractivity contribution in [1.29, 1.82) is 0 Å². The number of hydrogen-bond donors (Lipinski definition) is 1. The third kappa shape index (κ3) is 1.69. The molecular formula is C12H12ClFO2. The highest BCUT2D eigenvalue weighted by molar-refractivity contribution is 6.30. The van der Waals surface area contributed by atoms with E-state index in [1.54, 1.807) is 24.3 Å². The third-order valence-electron chi connectivity index (χ3n) is 3.30. The molecule has 0 amide bonds. The summed E-state index contributed by atoms with van der Waals surface area (Å²) in [5.74, 6) is -0.994. The molecule has 0 spiro atoms. The fourth-order valence-electron chi connectivity index (χ4n) is 2.34. The molecule has 0 saturated heterocycles. The predicted octanol–water partition coefficient (Wildman–Crippen LogP) is 3.04. The minimum absolute atomic E-state index is 0.119. The van der Waals surface area contributed by atoms with Crippen molar-refractivity contribution in [3.05, 3.63) is 34.9 Å². The van der Waals surface area contributed by atoms with Gasteiger partial charge >= 0.3 is 5.97 Å². The molecule has 0 atom stereocenters. The Morgan fingerprint density at radius 2 is 2.00 bits per heavy atom. The first-order chi connectivity index (χ1) is 7.58. The van der Waals surface area contributed by atoms with Crippen molar-refractivity contribution in [3.8, 4) is 0 Å². The average Bonchev–Trinajstić information content (AvgIpc) is 2.19. The molecule has 0 unspecified atom stereocenters. The number of benzene rings is 1. The van der Waals surface area contributed by atoms with Crippen molar-refractivity contribution in [3.63, 3.8) is 0 Å². The lowest BCUT2D eigenvalue weighted by atomic mass is 9.59. The molecule has 16 heavy (non-hydrogen) atoms. The molecule has 0 heterocycles. The van der Waals surface area contributed by atoms with Crippen LogP contribution in [0.4, 0.5) is 4.39 Å². The van der Waals surface area contributed by atoms with Crippen molar-refractivity contribution in [2.45, 2.75) is 18.3 Å². The van der Waals surface area contributed by atoms with E-state index in [0.29, 0.717) is 23.4 Å². The number of carbonyl (C=O) groups is 1. The maximum absolute atomic E-state index is 12.4. The van der Waals surface area contributed by atoms with Gasteiger partial charge in [0.2, 0.25) is 0 Å². The second-order valence-electron chi connectivity index (χ2n) is 4.32. The largest absolute Gasteiger partial charge is 0.481 e. The van der Waals surface area contributed by atoms with Crippen molar-refractivity contribution in [1.82, 2.24) is 0 Å². The molecule has 2 rings (SSSR count). The van der Waals surface area contributed by atoms with Crippen molar-refractivity contribution in [2.75, 3.05) is 6.67 Å². The second-order valence-corrected chi connectivity index (χ2v) is 4.76. The Morgan fingerprint density at radius 3 is 2.44 bits per heavy atom. The lowest BCUT2D eigenvalue weighted by Gasteiger charge is -2.43. The summed E-state index contributed by atoms with van der Waals surface area (Å²) in [5.41, 5.74) is -0.185. The highest BCUT2D eigenvalue weighted by Gasteiger charge is 2.51. The van der Waals surface area contributed by atoms with Crippen LogP contribution in [0.2, 0.25) is 5.02 Å². The topological polar surface area (TPSA) is 37.3 Å². The summed E-state index contributed by atoms with van der Waals surface area (Å²) in [6.45, 7) is -0.442. The van der Waals surface area contributed by atoms with Gasteiger partial charge in [0.15, 0.2) is 0 Å². The Morgan fingerprint density at radius 1 is 1.44 bits per heavy atom. The summed E-state index contributed by atoms with van der Waals surface area (Å²) in [5, 5.41) is 9.84. The normalized spacial score (nSPS) is 28.5. The van der Waals surface area contributed by atoms with E-state index in [2.05, 4.69) is 0 Å². The van der Waals surface area contributed by atoms with Crippen LogP contribution in [0.5, 0.6) is 0 Å². The summed E-state index contributed by atoms with van der Waals surface area (Å²) >= 11 is 5.75. The number of rotatable bonds is 3. The zero-order chi connectivity index (χ0) is 11.8. The van der Waals surface area contributed by atoms with E-state index < -0.39 is 18.1 Å². The molecule has 1 aromatic rings. The lowest BCUT2D eigenvalue weighted by molar-refractivity contribution is -0.150. The molecule has 1 fully saturated rings. The molecule has 0 bridgehead atoms. The van der Waals surface area contributed by atoms with E-state index in [1.165, 1.54) is 0 Å². The number of hydrogen-bond acceptors (Lipinski definition) is 1. The molecule has 0 aromatic heterocycles. The molecule has 1 saturated carbocycles. The number of carboxylic acid groups (broad SMARTS) is 1. The second kappa shape index (κ2) is 4.06. The Bertz CT molecular complexity index is 396. The lowest BCUT2D eigenvalue weighted by Crippen LogP contribution is -2.48. The minimum Gasteiger partial charge on any atom is -0.481 e. The van der Waals surface area contributed by atoms with Gasteiger partial charge in [0.25, 0.3) is 0 Å². The molecule has 1 N–H and O–H groups in total. The van der Waals surface area contributed by atoms with Gasteiger partial charge in [-0.15, -0.1) is 0 Å². The first kappa shape index (κ1) is 11.4. The standard InChI is InChI=1S/C12H12ClFO2/c13-10-3-1-9(2-4-10)12(11(15)16)5-8(6-12)7-14/h1-4,8H,5-7H2,(H,15,16). The van der Waals surface area contributed by atoms with E-state index in [-0.39, 0.29) is 5.92 Å². The molecule has 4 heteroatoms. The summed E-state index contributed by atoms with van der Waals surface area (Å²) < 4.78 is 12.4. The Kier molecular flexibility index (Phi) is 2.89. The Labute approximate surface area is 98.0 Å². The van der Waals surface area contributed by atoms with Crippen LogP contribution in [-0.4, -0.2) is 17.8 Å². The number of alkyl halides is 1. The van der Waals surface area contributed by atoms with Crippen LogP contribution in [0.15, 0.2) is 24.3 Å². The molecule has 0 aliphatic heterocycles. The van der Waals surface area contributed by atoms with E-state index in [1.807, 2.05) is 0 Å². The Balaban J connectivity index is 2.28. The third-order valence-corrected chi connectivity index (χ3v) is 3.55. The number of aliphatic carboxylic acids is 1. The van der Waals surface area contributed by atoms with E-state index in [9.17, 15) is 14.3 Å². The van der Waals surface area contributed by atoms with Gasteiger partial charge in [-0.1, -0.05) is 23.7 Å². The van der Waals surface area contributed by atoms with Crippen LogP contribution < -0.4 is 0 Å². The molecule has 86 valence electrons. The average molecular weight is 243 g/mol. The fourth-order valence-corrected chi connectivity index (χ4v) is 2.46. The highest BCUT2D eigenvalue weighted by Crippen LogP contribution is 2.48. The van der Waals surface area contributed by atoms with Crippen LogP contribution in [0, 0.1) is 5.92 Å². The maximum Gasteiger partial charge on any atom is 0.314 e. The monoisotopic (exact) mass is 242 g/mol. The molecule has 1 aromatic carbocycles. The van der Waals surface area contributed by atoms with Gasteiger partial charge in [-0.2, -0.15) is 0 Å². The highest BCUT2D eigenvalue weighted by atomic mass is 35.5. The summed E-state index contributed by atoms with van der Waals surface area (Å²) in [6.07, 6.45) is 0.751. The maximum atomic E-state index is 12.4. The molecule has 1 aliphatic rings. The SMILES string of the molecule is O=C(O)C1(c2ccc(Cl)cc2)CC(CF)C1. The quantitative estimate of drug-likeness (QED) is 0.885. The fraction of sp³-hybridized carbons (Fsp3) is 0.417. The first-order valence-electron chi connectivity index (χ1n) is 5.14. The van der Waals surface area contributed by atoms with Gasteiger partial charge in [-0.05, 0) is 36.5 Å². The molecule has 0 radical (unpaired) electrons. The van der Waals surface area contributed by atoms with Crippen LogP contribution in [-0.2, 0) is 10.2 Å². The van der Waals surface area contributed by atoms with E-state index in [4.69, 9.17) is 11.6 Å². The number of halogens is 2. The summed E-state index contributed by atoms with van der Waals surface area (Å²) in [4.78, 5) is 11.3. The van der Waals surface area contributed by atoms with Crippen molar-refractivity contribution < 1.29 is 14.3 Å². The van der Waals surface area contributed by atoms with Gasteiger partial charge in [-0.25, -0.2) is 0 Å². The Hall–Kier alpha value is -1.09. The predicted molar refractivity (Wildman–Crippen MR) is 59.5 cm³/mol. The van der Waals surface area contributed by atoms with Gasteiger partial charge in [-0.3, -0.25) is 9.18 Å². The van der Waals surface area contributed by atoms with Gasteiger partial charge in [0.1, 0.15) is 0 Å². The zero-order valence-corrected chi connectivity index (χ0v) is 9.38. The minimum atomic E-state index is -0.901. The van der Waals surface area contributed by atoms with E-state index in [0.717, 1.165) is 0 Å². The van der Waals surface area contributed by atoms with Crippen LogP contribution in [0.25, 0.3) is 0 Å². The smallest absolute Gasteiger partial charge is 0.314 e. The molecule has 2 nitrogen and oxygen atoms in total.